The number of aromatic nitrogens is 3. The topological polar surface area (TPSA) is 92.1 Å². The maximum atomic E-state index is 13.3. The van der Waals surface area contributed by atoms with E-state index in [1.807, 2.05) is 0 Å². The largest absolute Gasteiger partial charge is 0.405 e. The van der Waals surface area contributed by atoms with Crippen LogP contribution in [0.4, 0.5) is 13.2 Å². The van der Waals surface area contributed by atoms with Crippen molar-refractivity contribution in [2.45, 2.75) is 18.8 Å². The Balaban J connectivity index is 0.00000280. The molecule has 28 heavy (non-hydrogen) atoms. The smallest absolute Gasteiger partial charge is 0.353 e. The van der Waals surface area contributed by atoms with E-state index < -0.39 is 36.8 Å². The predicted molar refractivity (Wildman–Crippen MR) is 98.3 cm³/mol. The maximum Gasteiger partial charge on any atom is 0.405 e. The normalized spacial score (nSPS) is 16.4. The van der Waals surface area contributed by atoms with Crippen molar-refractivity contribution in [2.24, 2.45) is 0 Å². The molecule has 8 nitrogen and oxygen atoms in total. The molecule has 2 aromatic rings. The Morgan fingerprint density at radius 1 is 1.25 bits per heavy atom. The molecule has 2 N–H and O–H groups in total. The van der Waals surface area contributed by atoms with Crippen LogP contribution >= 0.6 is 12.4 Å². The number of amides is 1. The molecule has 0 aliphatic carbocycles. The molecule has 1 amide bonds. The zero-order valence-electron chi connectivity index (χ0n) is 14.8. The summed E-state index contributed by atoms with van der Waals surface area (Å²) in [6, 6.07) is 4.72. The highest BCUT2D eigenvalue weighted by Gasteiger charge is 2.43. The third-order valence-electron chi connectivity index (χ3n) is 4.39. The molecule has 1 aliphatic rings. The molecule has 0 saturated carbocycles. The molecule has 1 aromatic carbocycles. The molecule has 1 aliphatic heterocycles. The van der Waals surface area contributed by atoms with Gasteiger partial charge in [-0.25, -0.2) is 4.68 Å². The van der Waals surface area contributed by atoms with E-state index in [4.69, 9.17) is 0 Å². The molecule has 0 spiro atoms. The van der Waals surface area contributed by atoms with Crippen molar-refractivity contribution >= 4 is 29.2 Å². The molecule has 1 atom stereocenters. The first kappa shape index (κ1) is 22.1. The number of piperazine rings is 1. The quantitative estimate of drug-likeness (QED) is 0.716. The van der Waals surface area contributed by atoms with E-state index in [0.29, 0.717) is 18.6 Å². The molecular weight excluding hydrogens is 401 g/mol. The van der Waals surface area contributed by atoms with Crippen molar-refractivity contribution in [2.75, 3.05) is 32.7 Å². The predicted octanol–water partition coefficient (Wildman–Crippen LogP) is 0.166. The lowest BCUT2D eigenvalue weighted by molar-refractivity contribution is -0.184. The number of alkyl halides is 3. The van der Waals surface area contributed by atoms with Crippen LogP contribution in [0.1, 0.15) is 0 Å². The van der Waals surface area contributed by atoms with Crippen molar-refractivity contribution in [1.29, 1.82) is 0 Å². The van der Waals surface area contributed by atoms with Crippen LogP contribution in [0.5, 0.6) is 0 Å². The van der Waals surface area contributed by atoms with E-state index >= 15 is 0 Å². The van der Waals surface area contributed by atoms with Gasteiger partial charge in [-0.3, -0.25) is 14.5 Å². The summed E-state index contributed by atoms with van der Waals surface area (Å²) in [5.41, 5.74) is -0.139. The van der Waals surface area contributed by atoms with Gasteiger partial charge in [0, 0.05) is 32.7 Å². The van der Waals surface area contributed by atoms with Gasteiger partial charge in [0.1, 0.15) is 18.1 Å². The second kappa shape index (κ2) is 9.30. The maximum absolute atomic E-state index is 13.3. The Hall–Kier alpha value is -2.24. The van der Waals surface area contributed by atoms with Crippen LogP contribution in [-0.2, 0) is 11.3 Å². The molecule has 2 heterocycles. The zero-order chi connectivity index (χ0) is 19.4. The van der Waals surface area contributed by atoms with Gasteiger partial charge in [0.15, 0.2) is 0 Å². The average Bonchev–Trinajstić information content (AvgIpc) is 2.64. The standard InChI is InChI=1S/C16H19F3N6O2.ClH/c17-16(18,19)13(24-7-5-20-6-8-24)9-21-14(26)10-25-15(27)11-3-1-2-4-12(11)22-23-25;/h1-4,13,20H,5-10H2,(H,21,26);1H. The van der Waals surface area contributed by atoms with Crippen molar-refractivity contribution in [3.8, 4) is 0 Å². The lowest BCUT2D eigenvalue weighted by atomic mass is 10.2. The number of carbonyl (C=O) groups excluding carboxylic acids is 1. The van der Waals surface area contributed by atoms with Gasteiger partial charge in [0.25, 0.3) is 5.56 Å². The molecule has 1 aromatic heterocycles. The minimum atomic E-state index is -4.47. The van der Waals surface area contributed by atoms with E-state index in [2.05, 4.69) is 20.9 Å². The van der Waals surface area contributed by atoms with Crippen molar-refractivity contribution < 1.29 is 18.0 Å². The Morgan fingerprint density at radius 3 is 2.61 bits per heavy atom. The van der Waals surface area contributed by atoms with E-state index in [0.717, 1.165) is 4.68 Å². The number of rotatable bonds is 5. The van der Waals surface area contributed by atoms with Gasteiger partial charge in [-0.05, 0) is 12.1 Å². The lowest BCUT2D eigenvalue weighted by Crippen LogP contribution is -2.57. The molecule has 3 rings (SSSR count). The molecule has 1 fully saturated rings. The third kappa shape index (κ3) is 5.18. The van der Waals surface area contributed by atoms with Crippen molar-refractivity contribution in [1.82, 2.24) is 30.5 Å². The van der Waals surface area contributed by atoms with E-state index in [1.54, 1.807) is 24.3 Å². The van der Waals surface area contributed by atoms with Gasteiger partial charge in [0.2, 0.25) is 5.91 Å². The highest BCUT2D eigenvalue weighted by molar-refractivity contribution is 5.85. The summed E-state index contributed by atoms with van der Waals surface area (Å²) in [5.74, 6) is -0.730. The first-order chi connectivity index (χ1) is 12.9. The van der Waals surface area contributed by atoms with E-state index in [9.17, 15) is 22.8 Å². The summed E-state index contributed by atoms with van der Waals surface area (Å²) in [4.78, 5) is 25.7. The molecule has 1 saturated heterocycles. The Morgan fingerprint density at radius 2 is 1.93 bits per heavy atom. The highest BCUT2D eigenvalue weighted by Crippen LogP contribution is 2.24. The van der Waals surface area contributed by atoms with Gasteiger partial charge in [-0.2, -0.15) is 13.2 Å². The first-order valence-corrected chi connectivity index (χ1v) is 8.47. The van der Waals surface area contributed by atoms with Gasteiger partial charge >= 0.3 is 6.18 Å². The fourth-order valence-electron chi connectivity index (χ4n) is 2.98. The Kier molecular flexibility index (Phi) is 7.33. The first-order valence-electron chi connectivity index (χ1n) is 8.47. The Labute approximate surface area is 164 Å². The van der Waals surface area contributed by atoms with Crippen molar-refractivity contribution in [3.05, 3.63) is 34.6 Å². The number of nitrogens with zero attached hydrogens (tertiary/aromatic N) is 4. The molecular formula is C16H20ClF3N6O2. The third-order valence-corrected chi connectivity index (χ3v) is 4.39. The summed E-state index contributed by atoms with van der Waals surface area (Å²) in [6.07, 6.45) is -4.47. The number of hydrogen-bond donors (Lipinski definition) is 2. The van der Waals surface area contributed by atoms with E-state index in [1.165, 1.54) is 4.90 Å². The summed E-state index contributed by atoms with van der Waals surface area (Å²) in [7, 11) is 0. The van der Waals surface area contributed by atoms with Crippen LogP contribution in [0.2, 0.25) is 0 Å². The average molecular weight is 421 g/mol. The van der Waals surface area contributed by atoms with Crippen LogP contribution in [0.25, 0.3) is 10.9 Å². The summed E-state index contributed by atoms with van der Waals surface area (Å²) < 4.78 is 40.8. The van der Waals surface area contributed by atoms with Crippen LogP contribution in [0.3, 0.4) is 0 Å². The highest BCUT2D eigenvalue weighted by atomic mass is 35.5. The van der Waals surface area contributed by atoms with Crippen LogP contribution in [0, 0.1) is 0 Å². The number of halogens is 4. The van der Waals surface area contributed by atoms with Gasteiger partial charge in [0.05, 0.1) is 5.39 Å². The minimum Gasteiger partial charge on any atom is -0.353 e. The molecule has 0 bridgehead atoms. The van der Waals surface area contributed by atoms with Crippen LogP contribution in [-0.4, -0.2) is 70.7 Å². The number of nitrogens with one attached hydrogen (secondary N) is 2. The van der Waals surface area contributed by atoms with Gasteiger partial charge < -0.3 is 10.6 Å². The molecule has 0 radical (unpaired) electrons. The second-order valence-corrected chi connectivity index (χ2v) is 6.22. The zero-order valence-corrected chi connectivity index (χ0v) is 15.6. The van der Waals surface area contributed by atoms with Gasteiger partial charge in [-0.1, -0.05) is 17.3 Å². The summed E-state index contributed by atoms with van der Waals surface area (Å²) in [6.45, 7) is 0.331. The molecule has 1 unspecified atom stereocenters. The summed E-state index contributed by atoms with van der Waals surface area (Å²) >= 11 is 0. The fraction of sp³-hybridized carbons (Fsp3) is 0.500. The van der Waals surface area contributed by atoms with Crippen LogP contribution < -0.4 is 16.2 Å². The second-order valence-electron chi connectivity index (χ2n) is 6.22. The number of carbonyl (C=O) groups is 1. The molecule has 12 heteroatoms. The molecule has 154 valence electrons. The van der Waals surface area contributed by atoms with E-state index in [-0.39, 0.29) is 30.9 Å². The van der Waals surface area contributed by atoms with Crippen LogP contribution in [0.15, 0.2) is 29.1 Å². The number of hydrogen-bond acceptors (Lipinski definition) is 6. The monoisotopic (exact) mass is 420 g/mol. The lowest BCUT2D eigenvalue weighted by Gasteiger charge is -2.35. The minimum absolute atomic E-state index is 0. The number of fused-ring (bicyclic) bond motifs is 1. The summed E-state index contributed by atoms with van der Waals surface area (Å²) in [5, 5.41) is 13.0. The fourth-order valence-corrected chi connectivity index (χ4v) is 2.98. The van der Waals surface area contributed by atoms with Crippen molar-refractivity contribution in [3.63, 3.8) is 0 Å². The number of benzene rings is 1. The Bertz CT molecular complexity index is 869. The SMILES string of the molecule is Cl.O=C(Cn1nnc2ccccc2c1=O)NCC(N1CCNCC1)C(F)(F)F. The van der Waals surface area contributed by atoms with Gasteiger partial charge in [-0.15, -0.1) is 17.5 Å².